The Morgan fingerprint density at radius 1 is 0.540 bits per heavy atom. The molecule has 0 radical (unpaired) electrons. The van der Waals surface area contributed by atoms with Gasteiger partial charge in [0.15, 0.2) is 0 Å². The van der Waals surface area contributed by atoms with E-state index in [1.165, 1.54) is 77.3 Å². The van der Waals surface area contributed by atoms with E-state index >= 15 is 23.6 Å². The maximum atomic E-state index is 15.4. The maximum Gasteiger partial charge on any atom is 0.245 e. The summed E-state index contributed by atoms with van der Waals surface area (Å²) in [6, 6.07) is 8.53. The van der Waals surface area contributed by atoms with Gasteiger partial charge < -0.3 is 60.5 Å². The SMILES string of the molecule is CCCC[C@@H]1NC(=O)[C@H](Cc2cccc(I)c2)NC(=O)CN(C)C(=O)[C@H](Cc2ccc(Cl)cc2)N(C)C(=O)CN(C)C(=O)CN(C)C(=O)[C@H]([C@@H](C)CC)NC(=O)[C@H](CC(C)C)N(C)C(=O)C[C@@H](C(=O)N2CCCCC2)N(C)C(=O)[C@H](CC(C)C)NC(=O)[C@H](Cc2cccc(F)c2)N(C)C1=O. The Bertz CT molecular complexity index is 3360. The van der Waals surface area contributed by atoms with E-state index in [9.17, 15) is 38.4 Å². The molecule has 0 unspecified atom stereocenters. The second kappa shape index (κ2) is 39.5. The Morgan fingerprint density at radius 2 is 1.10 bits per heavy atom. The second-order valence-corrected chi connectivity index (χ2v) is 29.4. The Kier molecular flexibility index (Phi) is 32.7. The van der Waals surface area contributed by atoms with Gasteiger partial charge in [-0.2, -0.15) is 0 Å². The van der Waals surface area contributed by atoms with Crippen molar-refractivity contribution in [2.75, 3.05) is 82.1 Å². The summed E-state index contributed by atoms with van der Waals surface area (Å²) >= 11 is 8.37. The molecule has 2 heterocycles. The third-order valence-electron chi connectivity index (χ3n) is 18.8. The Morgan fingerprint density at radius 3 is 1.70 bits per heavy atom. The van der Waals surface area contributed by atoms with Gasteiger partial charge in [0.2, 0.25) is 70.9 Å². The lowest BCUT2D eigenvalue weighted by Gasteiger charge is -2.38. The number of nitrogens with zero attached hydrogens (tertiary/aromatic N) is 8. The highest BCUT2D eigenvalue weighted by atomic mass is 127. The molecular weight excluding hydrogens is 1420 g/mol. The molecular formula is C73H105ClFIN12O12. The number of carbonyl (C=O) groups is 12. The van der Waals surface area contributed by atoms with E-state index in [2.05, 4.69) is 43.9 Å². The van der Waals surface area contributed by atoms with Crippen LogP contribution in [0.4, 0.5) is 4.39 Å². The molecule has 3 aromatic rings. The highest BCUT2D eigenvalue weighted by molar-refractivity contribution is 14.1. The van der Waals surface area contributed by atoms with Crippen LogP contribution in [0, 0.1) is 27.1 Å². The van der Waals surface area contributed by atoms with Gasteiger partial charge in [-0.05, 0) is 132 Å². The predicted octanol–water partition coefficient (Wildman–Crippen LogP) is 5.48. The fourth-order valence-electron chi connectivity index (χ4n) is 12.4. The van der Waals surface area contributed by atoms with Crippen LogP contribution in [0.25, 0.3) is 0 Å². The van der Waals surface area contributed by atoms with Crippen molar-refractivity contribution in [2.24, 2.45) is 17.8 Å². The number of nitrogens with one attached hydrogen (secondary N) is 4. The van der Waals surface area contributed by atoms with Gasteiger partial charge >= 0.3 is 0 Å². The van der Waals surface area contributed by atoms with Crippen molar-refractivity contribution in [2.45, 2.75) is 180 Å². The van der Waals surface area contributed by atoms with Crippen molar-refractivity contribution in [3.05, 3.63) is 104 Å². The third-order valence-corrected chi connectivity index (χ3v) is 19.7. The van der Waals surface area contributed by atoms with Gasteiger partial charge in [0.25, 0.3) is 0 Å². The largest absolute Gasteiger partial charge is 0.343 e. The molecule has 2 fully saturated rings. The molecule has 0 aliphatic carbocycles. The summed E-state index contributed by atoms with van der Waals surface area (Å²) in [5.74, 6) is -10.1. The molecule has 5 rings (SSSR count). The van der Waals surface area contributed by atoms with Crippen molar-refractivity contribution in [1.82, 2.24) is 60.5 Å². The molecule has 550 valence electrons. The van der Waals surface area contributed by atoms with Gasteiger partial charge in [-0.25, -0.2) is 4.39 Å². The normalized spacial score (nSPS) is 23.4. The van der Waals surface area contributed by atoms with Gasteiger partial charge in [0, 0.05) is 90.3 Å². The van der Waals surface area contributed by atoms with E-state index in [1.54, 1.807) is 54.3 Å². The average molecular weight is 1520 g/mol. The van der Waals surface area contributed by atoms with Crippen LogP contribution in [0.15, 0.2) is 72.8 Å². The lowest BCUT2D eigenvalue weighted by Crippen LogP contribution is -2.61. The van der Waals surface area contributed by atoms with Crippen molar-refractivity contribution >= 4 is 105 Å². The van der Waals surface area contributed by atoms with E-state index in [0.29, 0.717) is 66.9 Å². The molecule has 4 N–H and O–H groups in total. The Hall–Kier alpha value is -7.75. The van der Waals surface area contributed by atoms with Crippen LogP contribution in [-0.4, -0.2) is 240 Å². The number of unbranched alkanes of at least 4 members (excludes halogenated alkanes) is 1. The topological polar surface area (TPSA) is 279 Å². The van der Waals surface area contributed by atoms with Gasteiger partial charge in [-0.3, -0.25) is 57.5 Å². The number of likely N-dealkylation sites (N-methyl/N-ethyl adjacent to an activating group) is 7. The molecule has 12 amide bonds. The molecule has 2 saturated heterocycles. The second-order valence-electron chi connectivity index (χ2n) is 27.7. The quantitative estimate of drug-likeness (QED) is 0.130. The van der Waals surface area contributed by atoms with Crippen molar-refractivity contribution in [3.63, 3.8) is 0 Å². The average Bonchev–Trinajstić information content (AvgIpc) is 0.793. The highest BCUT2D eigenvalue weighted by Gasteiger charge is 2.42. The molecule has 0 aromatic heterocycles. The lowest BCUT2D eigenvalue weighted by atomic mass is 9.95. The van der Waals surface area contributed by atoms with Crippen LogP contribution in [0.2, 0.25) is 5.02 Å². The first-order valence-electron chi connectivity index (χ1n) is 34.7. The van der Waals surface area contributed by atoms with Crippen LogP contribution in [0.5, 0.6) is 0 Å². The summed E-state index contributed by atoms with van der Waals surface area (Å²) < 4.78 is 15.9. The zero-order valence-corrected chi connectivity index (χ0v) is 63.5. The van der Waals surface area contributed by atoms with E-state index < -0.39 is 157 Å². The minimum atomic E-state index is -1.47. The zero-order valence-electron chi connectivity index (χ0n) is 60.6. The molecule has 0 bridgehead atoms. The summed E-state index contributed by atoms with van der Waals surface area (Å²) in [5.41, 5.74) is 1.53. The summed E-state index contributed by atoms with van der Waals surface area (Å²) in [6.45, 7) is 11.8. The summed E-state index contributed by atoms with van der Waals surface area (Å²) in [5, 5.41) is 11.8. The number of hydrogen-bond donors (Lipinski definition) is 4. The van der Waals surface area contributed by atoms with Crippen LogP contribution >= 0.6 is 34.2 Å². The molecule has 9 atom stereocenters. The highest BCUT2D eigenvalue weighted by Crippen LogP contribution is 2.24. The fourth-order valence-corrected chi connectivity index (χ4v) is 13.1. The number of carbonyl (C=O) groups excluding carboxylic acids is 12. The summed E-state index contributed by atoms with van der Waals surface area (Å²) in [4.78, 5) is 188. The van der Waals surface area contributed by atoms with Crippen LogP contribution in [-0.2, 0) is 76.8 Å². The van der Waals surface area contributed by atoms with Gasteiger partial charge in [-0.1, -0.05) is 116 Å². The molecule has 0 saturated carbocycles. The maximum absolute atomic E-state index is 15.4. The smallest absolute Gasteiger partial charge is 0.245 e. The molecule has 2 aliphatic rings. The number of piperidine rings is 1. The number of hydrogen-bond acceptors (Lipinski definition) is 12. The zero-order chi connectivity index (χ0) is 74.4. The molecule has 24 nitrogen and oxygen atoms in total. The standard InChI is InChI=1S/C73H105ClFIN12O12/c1-15-17-27-54-69(96)86(13)58(40-49-23-21-25-52(75)36-49)67(94)79-56(34-45(3)4)70(97)87(14)60(72(99)88-32-19-18-20-33-88)41-62(90)84(11)57(35-46(5)6)68(95)80-65(47(7)16-2)73(100)83(10)43-63(91)81(8)44-64(92)85(12)59(39-48-28-30-51(74)31-29-48)71(98)82(9)42-61(89)77-55(66(93)78-54)38-50-24-22-26-53(76)37-50/h21-26,28-31,36-37,45-47,54-60,65H,15-20,27,32-35,38-44H2,1-14H3,(H,77,89)(H,78,93)(H,79,94)(H,80,95)/t47-,54-,55-,56-,57-,58-,59-,60-,65-/m0/s1. The third kappa shape index (κ3) is 24.2. The molecule has 27 heteroatoms. The Labute approximate surface area is 608 Å². The first-order chi connectivity index (χ1) is 47.1. The molecule has 100 heavy (non-hydrogen) atoms. The number of likely N-dealkylation sites (tertiary alicyclic amines) is 1. The lowest BCUT2D eigenvalue weighted by molar-refractivity contribution is -0.151. The molecule has 3 aromatic carbocycles. The predicted molar refractivity (Wildman–Crippen MR) is 388 cm³/mol. The fraction of sp³-hybridized carbons (Fsp3) is 0.589. The van der Waals surface area contributed by atoms with Gasteiger partial charge in [0.05, 0.1) is 26.1 Å². The number of benzene rings is 3. The van der Waals surface area contributed by atoms with Gasteiger partial charge in [0.1, 0.15) is 54.2 Å². The van der Waals surface area contributed by atoms with E-state index in [-0.39, 0.29) is 50.4 Å². The van der Waals surface area contributed by atoms with Gasteiger partial charge in [-0.15, -0.1) is 0 Å². The first-order valence-corrected chi connectivity index (χ1v) is 36.1. The van der Waals surface area contributed by atoms with Crippen molar-refractivity contribution < 1.29 is 61.9 Å². The van der Waals surface area contributed by atoms with Crippen molar-refractivity contribution in [3.8, 4) is 0 Å². The molecule has 0 spiro atoms. The van der Waals surface area contributed by atoms with E-state index in [0.717, 1.165) is 34.5 Å². The number of halogens is 3. The summed E-state index contributed by atoms with van der Waals surface area (Å²) in [6.07, 6.45) is 2.69. The number of amides is 12. The van der Waals surface area contributed by atoms with E-state index in [1.807, 2.05) is 53.7 Å². The van der Waals surface area contributed by atoms with Crippen LogP contribution < -0.4 is 21.3 Å². The first kappa shape index (κ1) is 82.9. The van der Waals surface area contributed by atoms with Crippen molar-refractivity contribution in [1.29, 1.82) is 0 Å². The number of rotatable bonds is 16. The van der Waals surface area contributed by atoms with Crippen LogP contribution in [0.1, 0.15) is 129 Å². The Balaban J connectivity index is 1.67. The minimum absolute atomic E-state index is 0.0118. The van der Waals surface area contributed by atoms with Crippen LogP contribution in [0.3, 0.4) is 0 Å². The van der Waals surface area contributed by atoms with E-state index in [4.69, 9.17) is 11.6 Å². The summed E-state index contributed by atoms with van der Waals surface area (Å²) in [7, 11) is 9.64. The molecule has 2 aliphatic heterocycles. The monoisotopic (exact) mass is 1520 g/mol. The minimum Gasteiger partial charge on any atom is -0.343 e.